The Morgan fingerprint density at radius 3 is 2.59 bits per heavy atom. The van der Waals surface area contributed by atoms with E-state index in [-0.39, 0.29) is 11.7 Å². The summed E-state index contributed by atoms with van der Waals surface area (Å²) < 4.78 is 26.4. The van der Waals surface area contributed by atoms with Gasteiger partial charge in [0, 0.05) is 19.7 Å². The maximum atomic E-state index is 13.1. The number of ether oxygens (including phenoxy) is 2. The van der Waals surface area contributed by atoms with Crippen molar-refractivity contribution in [3.05, 3.63) is 64.5 Å². The Morgan fingerprint density at radius 2 is 1.93 bits per heavy atom. The van der Waals surface area contributed by atoms with Gasteiger partial charge < -0.3 is 14.4 Å². The standard InChI is InChI=1S/C21H21BrFN3O3/c1-25(10-11-29-16-8-9-20(28-3)17(22)12-16)21(27)19-13-18(24-26(19)2)14-4-6-15(23)7-5-14/h4-9,12-13H,10-11H2,1-3H3. The van der Waals surface area contributed by atoms with Gasteiger partial charge in [-0.3, -0.25) is 9.48 Å². The van der Waals surface area contributed by atoms with Crippen molar-refractivity contribution in [3.63, 3.8) is 0 Å². The molecule has 2 aromatic carbocycles. The van der Waals surface area contributed by atoms with Crippen molar-refractivity contribution in [2.24, 2.45) is 7.05 Å². The zero-order valence-electron chi connectivity index (χ0n) is 16.4. The van der Waals surface area contributed by atoms with E-state index in [0.717, 1.165) is 15.8 Å². The zero-order valence-corrected chi connectivity index (χ0v) is 17.9. The topological polar surface area (TPSA) is 56.6 Å². The highest BCUT2D eigenvalue weighted by Crippen LogP contribution is 2.28. The summed E-state index contributed by atoms with van der Waals surface area (Å²) >= 11 is 3.42. The van der Waals surface area contributed by atoms with E-state index in [4.69, 9.17) is 9.47 Å². The maximum Gasteiger partial charge on any atom is 0.271 e. The minimum atomic E-state index is -0.315. The first-order valence-electron chi connectivity index (χ1n) is 8.91. The van der Waals surface area contributed by atoms with Gasteiger partial charge in [-0.2, -0.15) is 5.10 Å². The molecule has 0 N–H and O–H groups in total. The second-order valence-electron chi connectivity index (χ2n) is 6.42. The summed E-state index contributed by atoms with van der Waals surface area (Å²) in [7, 11) is 5.01. The minimum Gasteiger partial charge on any atom is -0.496 e. The first-order chi connectivity index (χ1) is 13.9. The summed E-state index contributed by atoms with van der Waals surface area (Å²) in [5.41, 5.74) is 1.81. The predicted octanol–water partition coefficient (Wildman–Crippen LogP) is 4.15. The van der Waals surface area contributed by atoms with E-state index < -0.39 is 0 Å². The number of rotatable bonds is 7. The molecule has 29 heavy (non-hydrogen) atoms. The van der Waals surface area contributed by atoms with E-state index in [1.54, 1.807) is 50.4 Å². The smallest absolute Gasteiger partial charge is 0.271 e. The molecular weight excluding hydrogens is 441 g/mol. The molecule has 0 aliphatic heterocycles. The SMILES string of the molecule is COc1ccc(OCCN(C)C(=O)c2cc(-c3ccc(F)cc3)nn2C)cc1Br. The Morgan fingerprint density at radius 1 is 1.21 bits per heavy atom. The minimum absolute atomic E-state index is 0.173. The lowest BCUT2D eigenvalue weighted by molar-refractivity contribution is 0.0763. The van der Waals surface area contributed by atoms with Gasteiger partial charge in [0.15, 0.2) is 0 Å². The van der Waals surface area contributed by atoms with Crippen LogP contribution in [0.5, 0.6) is 11.5 Å². The summed E-state index contributed by atoms with van der Waals surface area (Å²) in [6.45, 7) is 0.739. The average molecular weight is 462 g/mol. The molecule has 1 aromatic heterocycles. The summed E-state index contributed by atoms with van der Waals surface area (Å²) in [4.78, 5) is 14.3. The zero-order chi connectivity index (χ0) is 21.0. The molecular formula is C21H21BrFN3O3. The van der Waals surface area contributed by atoms with Crippen LogP contribution in [-0.2, 0) is 7.05 Å². The molecule has 0 fully saturated rings. The molecule has 0 atom stereocenters. The second kappa shape index (κ2) is 9.09. The third-order valence-electron chi connectivity index (χ3n) is 4.40. The Kier molecular flexibility index (Phi) is 6.53. The lowest BCUT2D eigenvalue weighted by Gasteiger charge is -2.17. The van der Waals surface area contributed by atoms with Crippen LogP contribution in [0.25, 0.3) is 11.3 Å². The highest BCUT2D eigenvalue weighted by Gasteiger charge is 2.18. The van der Waals surface area contributed by atoms with Crippen LogP contribution in [0.15, 0.2) is 53.0 Å². The van der Waals surface area contributed by atoms with Gasteiger partial charge in [-0.25, -0.2) is 4.39 Å². The number of benzene rings is 2. The number of carbonyl (C=O) groups excluding carboxylic acids is 1. The second-order valence-corrected chi connectivity index (χ2v) is 7.27. The predicted molar refractivity (Wildman–Crippen MR) is 112 cm³/mol. The Balaban J connectivity index is 1.61. The van der Waals surface area contributed by atoms with E-state index in [2.05, 4.69) is 21.0 Å². The summed E-state index contributed by atoms with van der Waals surface area (Å²) in [6, 6.07) is 13.1. The van der Waals surface area contributed by atoms with Crippen molar-refractivity contribution in [1.29, 1.82) is 0 Å². The summed E-state index contributed by atoms with van der Waals surface area (Å²) in [5.74, 6) is 0.910. The van der Waals surface area contributed by atoms with Crippen molar-refractivity contribution in [2.45, 2.75) is 0 Å². The molecule has 6 nitrogen and oxygen atoms in total. The fourth-order valence-corrected chi connectivity index (χ4v) is 3.28. The van der Waals surface area contributed by atoms with Crippen LogP contribution in [-0.4, -0.2) is 47.9 Å². The van der Waals surface area contributed by atoms with Crippen LogP contribution in [0.3, 0.4) is 0 Å². The molecule has 0 aliphatic rings. The van der Waals surface area contributed by atoms with E-state index in [1.807, 2.05) is 12.1 Å². The van der Waals surface area contributed by atoms with Crippen LogP contribution >= 0.6 is 15.9 Å². The largest absolute Gasteiger partial charge is 0.496 e. The average Bonchev–Trinajstić information content (AvgIpc) is 3.09. The van der Waals surface area contributed by atoms with Crippen LogP contribution in [0.4, 0.5) is 4.39 Å². The van der Waals surface area contributed by atoms with E-state index >= 15 is 0 Å². The lowest BCUT2D eigenvalue weighted by Crippen LogP contribution is -2.32. The molecule has 8 heteroatoms. The number of hydrogen-bond acceptors (Lipinski definition) is 4. The summed E-state index contributed by atoms with van der Waals surface area (Å²) in [5, 5.41) is 4.37. The molecule has 0 saturated carbocycles. The Bertz CT molecular complexity index is 1000. The maximum absolute atomic E-state index is 13.1. The lowest BCUT2D eigenvalue weighted by atomic mass is 10.1. The van der Waals surface area contributed by atoms with Gasteiger partial charge >= 0.3 is 0 Å². The molecule has 3 rings (SSSR count). The Hall–Kier alpha value is -2.87. The van der Waals surface area contributed by atoms with Gasteiger partial charge in [-0.05, 0) is 64.5 Å². The van der Waals surface area contributed by atoms with E-state index in [0.29, 0.717) is 30.3 Å². The molecule has 1 heterocycles. The van der Waals surface area contributed by atoms with Crippen molar-refractivity contribution >= 4 is 21.8 Å². The molecule has 0 unspecified atom stereocenters. The quantitative estimate of drug-likeness (QED) is 0.530. The third kappa shape index (κ3) is 4.95. The first-order valence-corrected chi connectivity index (χ1v) is 9.70. The van der Waals surface area contributed by atoms with Crippen LogP contribution in [0.2, 0.25) is 0 Å². The van der Waals surface area contributed by atoms with Crippen molar-refractivity contribution in [1.82, 2.24) is 14.7 Å². The van der Waals surface area contributed by atoms with E-state index in [1.165, 1.54) is 16.8 Å². The van der Waals surface area contributed by atoms with Gasteiger partial charge in [-0.15, -0.1) is 0 Å². The molecule has 0 spiro atoms. The fraction of sp³-hybridized carbons (Fsp3) is 0.238. The summed E-state index contributed by atoms with van der Waals surface area (Å²) in [6.07, 6.45) is 0. The van der Waals surface area contributed by atoms with E-state index in [9.17, 15) is 9.18 Å². The monoisotopic (exact) mass is 461 g/mol. The number of methoxy groups -OCH3 is 1. The number of likely N-dealkylation sites (N-methyl/N-ethyl adjacent to an activating group) is 1. The number of amides is 1. The first kappa shape index (κ1) is 20.9. The number of aromatic nitrogens is 2. The number of nitrogens with zero attached hydrogens (tertiary/aromatic N) is 3. The van der Waals surface area contributed by atoms with Crippen molar-refractivity contribution in [3.8, 4) is 22.8 Å². The number of halogens is 2. The molecule has 0 bridgehead atoms. The number of hydrogen-bond donors (Lipinski definition) is 0. The molecule has 0 aliphatic carbocycles. The normalized spacial score (nSPS) is 10.7. The highest BCUT2D eigenvalue weighted by atomic mass is 79.9. The van der Waals surface area contributed by atoms with Crippen molar-refractivity contribution < 1.29 is 18.7 Å². The van der Waals surface area contributed by atoms with Gasteiger partial charge in [0.25, 0.3) is 5.91 Å². The van der Waals surface area contributed by atoms with Crippen LogP contribution < -0.4 is 9.47 Å². The van der Waals surface area contributed by atoms with Crippen LogP contribution in [0.1, 0.15) is 10.5 Å². The molecule has 152 valence electrons. The van der Waals surface area contributed by atoms with Gasteiger partial charge in [0.2, 0.25) is 0 Å². The third-order valence-corrected chi connectivity index (χ3v) is 5.02. The van der Waals surface area contributed by atoms with Gasteiger partial charge in [0.05, 0.1) is 23.8 Å². The van der Waals surface area contributed by atoms with Gasteiger partial charge in [0.1, 0.15) is 29.6 Å². The highest BCUT2D eigenvalue weighted by molar-refractivity contribution is 9.10. The van der Waals surface area contributed by atoms with Gasteiger partial charge in [-0.1, -0.05) is 0 Å². The van der Waals surface area contributed by atoms with Crippen LogP contribution in [0, 0.1) is 5.82 Å². The number of carbonyl (C=O) groups is 1. The molecule has 3 aromatic rings. The Labute approximate surface area is 177 Å². The van der Waals surface area contributed by atoms with Crippen molar-refractivity contribution in [2.75, 3.05) is 27.3 Å². The molecule has 0 radical (unpaired) electrons. The number of aryl methyl sites for hydroxylation is 1. The molecule has 0 saturated heterocycles. The molecule has 1 amide bonds. The fourth-order valence-electron chi connectivity index (χ4n) is 2.76.